The summed E-state index contributed by atoms with van der Waals surface area (Å²) < 4.78 is 7.77. The lowest BCUT2D eigenvalue weighted by atomic mass is 10.2. The van der Waals surface area contributed by atoms with Crippen molar-refractivity contribution in [2.75, 3.05) is 5.32 Å². The number of aryl methyl sites for hydroxylation is 2. The summed E-state index contributed by atoms with van der Waals surface area (Å²) in [5.74, 6) is 1.43. The first-order valence-corrected chi connectivity index (χ1v) is 11.6. The molecule has 168 valence electrons. The standard InChI is InChI=1S/C26H26N4O2S/c1-18-9-13-23(14-10-18)30-20(3)28-29-26(30)33-19(2)25(31)27-22-11-15-24(16-12-22)32-17-21-7-5-4-6-8-21/h4-16,19H,17H2,1-3H3,(H,27,31). The Bertz CT molecular complexity index is 1210. The summed E-state index contributed by atoms with van der Waals surface area (Å²) in [6.07, 6.45) is 0. The van der Waals surface area contributed by atoms with Gasteiger partial charge in [0, 0.05) is 11.4 Å². The SMILES string of the molecule is Cc1ccc(-n2c(C)nnc2SC(C)C(=O)Nc2ccc(OCc3ccccc3)cc2)cc1. The number of hydrogen-bond acceptors (Lipinski definition) is 5. The van der Waals surface area contributed by atoms with Crippen molar-refractivity contribution in [2.45, 2.75) is 37.8 Å². The number of rotatable bonds is 8. The Morgan fingerprint density at radius 2 is 1.67 bits per heavy atom. The number of amides is 1. The van der Waals surface area contributed by atoms with Gasteiger partial charge in [-0.15, -0.1) is 10.2 Å². The second-order valence-electron chi connectivity index (χ2n) is 7.75. The molecule has 1 unspecified atom stereocenters. The maximum atomic E-state index is 12.8. The van der Waals surface area contributed by atoms with Crippen molar-refractivity contribution in [3.8, 4) is 11.4 Å². The van der Waals surface area contributed by atoms with Crippen molar-refractivity contribution in [3.63, 3.8) is 0 Å². The second kappa shape index (κ2) is 10.4. The van der Waals surface area contributed by atoms with Gasteiger partial charge in [0.1, 0.15) is 18.2 Å². The summed E-state index contributed by atoms with van der Waals surface area (Å²) >= 11 is 1.38. The number of thioether (sulfide) groups is 1. The first-order chi connectivity index (χ1) is 16.0. The van der Waals surface area contributed by atoms with Gasteiger partial charge in [-0.25, -0.2) is 0 Å². The van der Waals surface area contributed by atoms with Crippen LogP contribution in [0.4, 0.5) is 5.69 Å². The largest absolute Gasteiger partial charge is 0.489 e. The maximum absolute atomic E-state index is 12.8. The predicted octanol–water partition coefficient (Wildman–Crippen LogP) is 5.58. The highest BCUT2D eigenvalue weighted by Gasteiger charge is 2.20. The van der Waals surface area contributed by atoms with Crippen molar-refractivity contribution in [1.82, 2.24) is 14.8 Å². The number of nitrogens with one attached hydrogen (secondary N) is 1. The van der Waals surface area contributed by atoms with Crippen molar-refractivity contribution < 1.29 is 9.53 Å². The zero-order valence-corrected chi connectivity index (χ0v) is 19.7. The number of nitrogens with zero attached hydrogens (tertiary/aromatic N) is 3. The molecule has 1 heterocycles. The Kier molecular flexibility index (Phi) is 7.10. The first kappa shape index (κ1) is 22.6. The topological polar surface area (TPSA) is 69.0 Å². The van der Waals surface area contributed by atoms with E-state index in [1.165, 1.54) is 17.3 Å². The van der Waals surface area contributed by atoms with E-state index in [1.807, 2.05) is 104 Å². The highest BCUT2D eigenvalue weighted by Crippen LogP contribution is 2.27. The molecular weight excluding hydrogens is 432 g/mol. The molecule has 0 aliphatic rings. The lowest BCUT2D eigenvalue weighted by Crippen LogP contribution is -2.22. The molecule has 0 aliphatic heterocycles. The minimum Gasteiger partial charge on any atom is -0.489 e. The molecule has 0 saturated carbocycles. The van der Waals surface area contributed by atoms with Crippen LogP contribution in [0.25, 0.3) is 5.69 Å². The van der Waals surface area contributed by atoms with Crippen molar-refractivity contribution in [3.05, 3.63) is 95.8 Å². The van der Waals surface area contributed by atoms with Crippen LogP contribution in [-0.4, -0.2) is 25.9 Å². The van der Waals surface area contributed by atoms with Gasteiger partial charge in [0.15, 0.2) is 5.16 Å². The number of carbonyl (C=O) groups excluding carboxylic acids is 1. The van der Waals surface area contributed by atoms with Crippen LogP contribution >= 0.6 is 11.8 Å². The van der Waals surface area contributed by atoms with Crippen LogP contribution in [0, 0.1) is 13.8 Å². The van der Waals surface area contributed by atoms with E-state index in [1.54, 1.807) is 0 Å². The molecule has 0 radical (unpaired) electrons. The zero-order valence-electron chi connectivity index (χ0n) is 18.9. The molecule has 1 amide bonds. The van der Waals surface area contributed by atoms with E-state index in [9.17, 15) is 4.79 Å². The quantitative estimate of drug-likeness (QED) is 0.349. The number of benzene rings is 3. The summed E-state index contributed by atoms with van der Waals surface area (Å²) in [6.45, 7) is 6.32. The summed E-state index contributed by atoms with van der Waals surface area (Å²) in [7, 11) is 0. The van der Waals surface area contributed by atoms with Crippen molar-refractivity contribution >= 4 is 23.4 Å². The molecule has 7 heteroatoms. The molecular formula is C26H26N4O2S. The molecule has 0 spiro atoms. The average Bonchev–Trinajstić information content (AvgIpc) is 3.19. The minimum atomic E-state index is -0.355. The molecule has 0 bridgehead atoms. The van der Waals surface area contributed by atoms with Gasteiger partial charge in [-0.05, 0) is 62.7 Å². The van der Waals surface area contributed by atoms with E-state index < -0.39 is 0 Å². The van der Waals surface area contributed by atoms with Crippen LogP contribution in [0.1, 0.15) is 23.9 Å². The monoisotopic (exact) mass is 458 g/mol. The van der Waals surface area contributed by atoms with E-state index in [0.29, 0.717) is 11.8 Å². The van der Waals surface area contributed by atoms with Gasteiger partial charge >= 0.3 is 0 Å². The molecule has 33 heavy (non-hydrogen) atoms. The van der Waals surface area contributed by atoms with Crippen LogP contribution in [0.3, 0.4) is 0 Å². The van der Waals surface area contributed by atoms with Gasteiger partial charge in [0.2, 0.25) is 5.91 Å². The Hall–Kier alpha value is -3.58. The molecule has 0 aliphatic carbocycles. The molecule has 0 fully saturated rings. The van der Waals surface area contributed by atoms with Gasteiger partial charge in [-0.3, -0.25) is 9.36 Å². The fourth-order valence-corrected chi connectivity index (χ4v) is 4.15. The highest BCUT2D eigenvalue weighted by molar-refractivity contribution is 8.00. The van der Waals surface area contributed by atoms with Gasteiger partial charge in [-0.1, -0.05) is 59.8 Å². The fourth-order valence-electron chi connectivity index (χ4n) is 3.24. The van der Waals surface area contributed by atoms with Crippen molar-refractivity contribution in [2.24, 2.45) is 0 Å². The molecule has 0 saturated heterocycles. The van der Waals surface area contributed by atoms with Gasteiger partial charge in [0.05, 0.1) is 5.25 Å². The Morgan fingerprint density at radius 3 is 2.36 bits per heavy atom. The Morgan fingerprint density at radius 1 is 0.970 bits per heavy atom. The van der Waals surface area contributed by atoms with E-state index in [-0.39, 0.29) is 11.2 Å². The molecule has 4 aromatic rings. The summed E-state index contributed by atoms with van der Waals surface area (Å²) in [4.78, 5) is 12.8. The van der Waals surface area contributed by atoms with E-state index in [4.69, 9.17) is 4.74 Å². The summed E-state index contributed by atoms with van der Waals surface area (Å²) in [5.41, 5.74) is 3.98. The first-order valence-electron chi connectivity index (χ1n) is 10.7. The van der Waals surface area contributed by atoms with Crippen molar-refractivity contribution in [1.29, 1.82) is 0 Å². The van der Waals surface area contributed by atoms with Crippen LogP contribution < -0.4 is 10.1 Å². The summed E-state index contributed by atoms with van der Waals surface area (Å²) in [6, 6.07) is 25.5. The third-order valence-electron chi connectivity index (χ3n) is 5.11. The smallest absolute Gasteiger partial charge is 0.237 e. The number of aromatic nitrogens is 3. The fraction of sp³-hybridized carbons (Fsp3) is 0.192. The molecule has 1 aromatic heterocycles. The number of hydrogen-bond donors (Lipinski definition) is 1. The average molecular weight is 459 g/mol. The van der Waals surface area contributed by atoms with Crippen LogP contribution in [0.5, 0.6) is 5.75 Å². The number of anilines is 1. The molecule has 4 rings (SSSR count). The zero-order chi connectivity index (χ0) is 23.2. The van der Waals surface area contributed by atoms with Gasteiger partial charge < -0.3 is 10.1 Å². The third kappa shape index (κ3) is 5.81. The second-order valence-corrected chi connectivity index (χ2v) is 9.06. The van der Waals surface area contributed by atoms with Gasteiger partial charge in [0.25, 0.3) is 0 Å². The summed E-state index contributed by atoms with van der Waals surface area (Å²) in [5, 5.41) is 11.8. The third-order valence-corrected chi connectivity index (χ3v) is 6.15. The van der Waals surface area contributed by atoms with Crippen LogP contribution in [0.2, 0.25) is 0 Å². The van der Waals surface area contributed by atoms with E-state index in [0.717, 1.165) is 28.5 Å². The number of carbonyl (C=O) groups is 1. The maximum Gasteiger partial charge on any atom is 0.237 e. The lowest BCUT2D eigenvalue weighted by Gasteiger charge is -2.14. The Balaban J connectivity index is 1.36. The van der Waals surface area contributed by atoms with Crippen LogP contribution in [0.15, 0.2) is 84.0 Å². The number of ether oxygens (including phenoxy) is 1. The van der Waals surface area contributed by atoms with E-state index in [2.05, 4.69) is 15.5 Å². The molecule has 1 N–H and O–H groups in total. The predicted molar refractivity (Wildman–Crippen MR) is 132 cm³/mol. The lowest BCUT2D eigenvalue weighted by molar-refractivity contribution is -0.115. The molecule has 6 nitrogen and oxygen atoms in total. The molecule has 1 atom stereocenters. The molecule has 3 aromatic carbocycles. The minimum absolute atomic E-state index is 0.103. The highest BCUT2D eigenvalue weighted by atomic mass is 32.2. The Labute approximate surface area is 198 Å². The van der Waals surface area contributed by atoms with E-state index >= 15 is 0 Å². The van der Waals surface area contributed by atoms with Gasteiger partial charge in [-0.2, -0.15) is 0 Å². The normalized spacial score (nSPS) is 11.7. The van der Waals surface area contributed by atoms with Crippen LogP contribution in [-0.2, 0) is 11.4 Å².